The summed E-state index contributed by atoms with van der Waals surface area (Å²) in [6, 6.07) is 5.46. The monoisotopic (exact) mass is 231 g/mol. The van der Waals surface area contributed by atoms with Crippen LogP contribution in [0.15, 0.2) is 34.3 Å². The van der Waals surface area contributed by atoms with E-state index >= 15 is 0 Å². The summed E-state index contributed by atoms with van der Waals surface area (Å²) in [4.78, 5) is 7.32. The van der Waals surface area contributed by atoms with E-state index < -0.39 is 0 Å². The summed E-state index contributed by atoms with van der Waals surface area (Å²) < 4.78 is 12.5. The second kappa shape index (κ2) is 5.82. The van der Waals surface area contributed by atoms with Crippen molar-refractivity contribution in [3.63, 3.8) is 0 Å². The summed E-state index contributed by atoms with van der Waals surface area (Å²) >= 11 is 0. The fourth-order valence-corrected chi connectivity index (χ4v) is 0.805. The second-order valence-corrected chi connectivity index (χ2v) is 2.48. The molecular formula is C8H11ClFN5. The van der Waals surface area contributed by atoms with Gasteiger partial charge in [0.2, 0.25) is 5.96 Å². The minimum atomic E-state index is -0.343. The zero-order valence-electron chi connectivity index (χ0n) is 7.72. The third-order valence-electron chi connectivity index (χ3n) is 1.31. The average Bonchev–Trinajstić information content (AvgIpc) is 2.07. The number of nitrogens with zero attached hydrogens (tertiary/aromatic N) is 2. The lowest BCUT2D eigenvalue weighted by Gasteiger charge is -1.95. The zero-order valence-corrected chi connectivity index (χ0v) is 8.54. The molecule has 0 saturated heterocycles. The Bertz CT molecular complexity index is 369. The Morgan fingerprint density at radius 1 is 1.07 bits per heavy atom. The number of benzene rings is 1. The Balaban J connectivity index is 0.00000196. The highest BCUT2D eigenvalue weighted by Crippen LogP contribution is 2.11. The average molecular weight is 232 g/mol. The molecule has 0 aromatic heterocycles. The molecule has 1 rings (SSSR count). The summed E-state index contributed by atoms with van der Waals surface area (Å²) in [7, 11) is 0. The lowest BCUT2D eigenvalue weighted by molar-refractivity contribution is 0.628. The molecule has 0 spiro atoms. The van der Waals surface area contributed by atoms with E-state index in [4.69, 9.17) is 17.2 Å². The normalized spacial score (nSPS) is 10.3. The molecular weight excluding hydrogens is 221 g/mol. The van der Waals surface area contributed by atoms with Crippen molar-refractivity contribution in [1.82, 2.24) is 0 Å². The maximum Gasteiger partial charge on any atom is 0.223 e. The molecule has 0 bridgehead atoms. The Hall–Kier alpha value is -1.82. The van der Waals surface area contributed by atoms with E-state index in [1.165, 1.54) is 24.3 Å². The molecule has 6 N–H and O–H groups in total. The van der Waals surface area contributed by atoms with Gasteiger partial charge in [0, 0.05) is 0 Å². The van der Waals surface area contributed by atoms with Crippen LogP contribution in [0.3, 0.4) is 0 Å². The van der Waals surface area contributed by atoms with Gasteiger partial charge in [0.05, 0.1) is 5.69 Å². The minimum absolute atomic E-state index is 0. The van der Waals surface area contributed by atoms with Gasteiger partial charge in [-0.3, -0.25) is 0 Å². The molecule has 7 heteroatoms. The molecule has 82 valence electrons. The van der Waals surface area contributed by atoms with Gasteiger partial charge in [0.1, 0.15) is 5.82 Å². The molecule has 0 atom stereocenters. The Morgan fingerprint density at radius 2 is 1.60 bits per heavy atom. The third-order valence-corrected chi connectivity index (χ3v) is 1.31. The van der Waals surface area contributed by atoms with Gasteiger partial charge in [-0.25, -0.2) is 9.38 Å². The van der Waals surface area contributed by atoms with Crippen molar-refractivity contribution in [2.24, 2.45) is 27.2 Å². The summed E-state index contributed by atoms with van der Waals surface area (Å²) in [6.07, 6.45) is 0. The summed E-state index contributed by atoms with van der Waals surface area (Å²) in [5.41, 5.74) is 16.0. The van der Waals surface area contributed by atoms with Gasteiger partial charge in [-0.1, -0.05) is 0 Å². The number of hydrogen-bond donors (Lipinski definition) is 3. The van der Waals surface area contributed by atoms with Crippen LogP contribution >= 0.6 is 12.4 Å². The van der Waals surface area contributed by atoms with Crippen LogP contribution in [0.1, 0.15) is 0 Å². The molecule has 0 aliphatic carbocycles. The zero-order chi connectivity index (χ0) is 10.6. The molecule has 0 heterocycles. The van der Waals surface area contributed by atoms with Crippen LogP contribution in [0.5, 0.6) is 0 Å². The van der Waals surface area contributed by atoms with Gasteiger partial charge < -0.3 is 17.2 Å². The Morgan fingerprint density at radius 3 is 2.07 bits per heavy atom. The van der Waals surface area contributed by atoms with Crippen LogP contribution in [0.25, 0.3) is 0 Å². The molecule has 1 aromatic rings. The number of hydrogen-bond acceptors (Lipinski definition) is 1. The van der Waals surface area contributed by atoms with Crippen LogP contribution in [-0.2, 0) is 0 Å². The van der Waals surface area contributed by atoms with Gasteiger partial charge in [-0.2, -0.15) is 4.99 Å². The van der Waals surface area contributed by atoms with Crippen LogP contribution in [0, 0.1) is 5.82 Å². The standard InChI is InChI=1S/C8H10FN5.ClH/c9-5-1-3-6(4-2-5)13-8(12)14-7(10)11;/h1-4H,(H6,10,11,12,13,14);1H. The van der Waals surface area contributed by atoms with E-state index in [9.17, 15) is 4.39 Å². The van der Waals surface area contributed by atoms with Gasteiger partial charge in [0.25, 0.3) is 0 Å². The lowest BCUT2D eigenvalue weighted by Crippen LogP contribution is -2.26. The first kappa shape index (κ1) is 13.2. The Labute approximate surface area is 92.3 Å². The highest BCUT2D eigenvalue weighted by molar-refractivity contribution is 5.93. The summed E-state index contributed by atoms with van der Waals surface area (Å²) in [5.74, 6) is -0.589. The first-order valence-electron chi connectivity index (χ1n) is 3.77. The van der Waals surface area contributed by atoms with Crippen molar-refractivity contribution >= 4 is 30.0 Å². The van der Waals surface area contributed by atoms with Crippen molar-refractivity contribution in [3.05, 3.63) is 30.1 Å². The molecule has 0 amide bonds. The van der Waals surface area contributed by atoms with E-state index in [-0.39, 0.29) is 30.1 Å². The maximum absolute atomic E-state index is 12.5. The highest BCUT2D eigenvalue weighted by atomic mass is 35.5. The number of rotatable bonds is 1. The van der Waals surface area contributed by atoms with Crippen molar-refractivity contribution in [2.45, 2.75) is 0 Å². The van der Waals surface area contributed by atoms with Crippen LogP contribution in [-0.4, -0.2) is 11.9 Å². The van der Waals surface area contributed by atoms with E-state index in [1.54, 1.807) is 0 Å². The molecule has 0 fully saturated rings. The van der Waals surface area contributed by atoms with E-state index in [2.05, 4.69) is 9.98 Å². The number of guanidine groups is 2. The summed E-state index contributed by atoms with van der Waals surface area (Å²) in [6.45, 7) is 0. The molecule has 0 radical (unpaired) electrons. The minimum Gasteiger partial charge on any atom is -0.370 e. The highest BCUT2D eigenvalue weighted by Gasteiger charge is 1.93. The quantitative estimate of drug-likeness (QED) is 0.483. The number of halogens is 2. The van der Waals surface area contributed by atoms with E-state index in [0.717, 1.165) is 0 Å². The fraction of sp³-hybridized carbons (Fsp3) is 0. The maximum atomic E-state index is 12.5. The predicted octanol–water partition coefficient (Wildman–Crippen LogP) is 0.467. The Kier molecular flexibility index (Phi) is 5.11. The predicted molar refractivity (Wildman–Crippen MR) is 60.7 cm³/mol. The van der Waals surface area contributed by atoms with E-state index in [0.29, 0.717) is 5.69 Å². The van der Waals surface area contributed by atoms with Crippen LogP contribution in [0.4, 0.5) is 10.1 Å². The first-order chi connectivity index (χ1) is 6.58. The van der Waals surface area contributed by atoms with Gasteiger partial charge >= 0.3 is 0 Å². The molecule has 0 aliphatic heterocycles. The molecule has 0 saturated carbocycles. The van der Waals surface area contributed by atoms with Crippen molar-refractivity contribution < 1.29 is 4.39 Å². The first-order valence-corrected chi connectivity index (χ1v) is 3.77. The molecule has 0 unspecified atom stereocenters. The van der Waals surface area contributed by atoms with Crippen LogP contribution in [0.2, 0.25) is 0 Å². The fourth-order valence-electron chi connectivity index (χ4n) is 0.805. The molecule has 5 nitrogen and oxygen atoms in total. The van der Waals surface area contributed by atoms with Crippen LogP contribution < -0.4 is 17.2 Å². The van der Waals surface area contributed by atoms with Gasteiger partial charge in [-0.15, -0.1) is 12.4 Å². The van der Waals surface area contributed by atoms with E-state index in [1.807, 2.05) is 0 Å². The van der Waals surface area contributed by atoms with Crippen molar-refractivity contribution in [1.29, 1.82) is 0 Å². The van der Waals surface area contributed by atoms with Gasteiger partial charge in [0.15, 0.2) is 5.96 Å². The SMILES string of the molecule is Cl.NC(N)=NC(N)=Nc1ccc(F)cc1. The molecule has 1 aromatic carbocycles. The largest absolute Gasteiger partial charge is 0.370 e. The van der Waals surface area contributed by atoms with Crippen molar-refractivity contribution in [3.8, 4) is 0 Å². The lowest BCUT2D eigenvalue weighted by atomic mass is 10.3. The third kappa shape index (κ3) is 4.82. The molecule has 15 heavy (non-hydrogen) atoms. The topological polar surface area (TPSA) is 103 Å². The number of nitrogens with two attached hydrogens (primary N) is 3. The van der Waals surface area contributed by atoms with Crippen molar-refractivity contribution in [2.75, 3.05) is 0 Å². The summed E-state index contributed by atoms with van der Waals surface area (Å²) in [5, 5.41) is 0. The van der Waals surface area contributed by atoms with Gasteiger partial charge in [-0.05, 0) is 24.3 Å². The second-order valence-electron chi connectivity index (χ2n) is 2.48. The number of aliphatic imine (C=N–C) groups is 2. The molecule has 0 aliphatic rings. The smallest absolute Gasteiger partial charge is 0.223 e.